The molecule has 0 heterocycles. The fourth-order valence-electron chi connectivity index (χ4n) is 11.2. The Bertz CT molecular complexity index is 1510. The molecule has 0 N–H and O–H groups in total. The minimum absolute atomic E-state index is 0.0347. The molecule has 0 amide bonds. The number of ether oxygens (including phenoxy) is 1. The number of rotatable bonds is 7. The van der Waals surface area contributed by atoms with E-state index in [-0.39, 0.29) is 17.5 Å². The minimum atomic E-state index is -0.158. The summed E-state index contributed by atoms with van der Waals surface area (Å²) in [6.45, 7) is 12.6. The van der Waals surface area contributed by atoms with Crippen LogP contribution in [0.3, 0.4) is 0 Å². The Morgan fingerprint density at radius 1 is 0.864 bits per heavy atom. The van der Waals surface area contributed by atoms with Gasteiger partial charge in [-0.05, 0) is 119 Å². The first-order chi connectivity index (χ1) is 21.2. The molecular weight excluding hydrogens is 536 g/mol. The van der Waals surface area contributed by atoms with Gasteiger partial charge < -0.3 is 4.74 Å². The standard InChI is InChI=1S/C42H54O2/c1-27(2)11-10-12-28(3)36-19-20-37-35-18-17-31-26-32(21-23-41(31,4)38(35)22-24-42(36,37)5)44-40(43)39-33-15-8-6-13-29(33)25-30-14-7-9-16-34(30)39/h6-9,13-17,25,27-28,32,35-38H,10-12,18-24,26H2,1-5H3/t28?,32-,35-,36+,37-,38-,41-,42+/m0/s1. The molecule has 3 aromatic rings. The lowest BCUT2D eigenvalue weighted by Crippen LogP contribution is -2.51. The van der Waals surface area contributed by atoms with E-state index in [1.54, 1.807) is 5.57 Å². The maximum atomic E-state index is 13.9. The van der Waals surface area contributed by atoms with Crippen molar-refractivity contribution in [3.8, 4) is 0 Å². The third-order valence-electron chi connectivity index (χ3n) is 13.5. The van der Waals surface area contributed by atoms with Gasteiger partial charge >= 0.3 is 5.97 Å². The first kappa shape index (κ1) is 30.1. The van der Waals surface area contributed by atoms with Gasteiger partial charge in [-0.1, -0.05) is 114 Å². The zero-order valence-electron chi connectivity index (χ0n) is 27.9. The highest BCUT2D eigenvalue weighted by Gasteiger charge is 2.59. The van der Waals surface area contributed by atoms with Crippen molar-refractivity contribution in [3.63, 3.8) is 0 Å². The SMILES string of the molecule is CC(C)CCCC(C)[C@H]1CC[C@H]2[C@@H]3CC=C4C[C@@H](OC(=O)c5c6ccccc6cc6ccccc56)CC[C@]4(C)[C@H]3CC[C@]12C. The predicted molar refractivity (Wildman–Crippen MR) is 184 cm³/mol. The summed E-state index contributed by atoms with van der Waals surface area (Å²) in [6, 6.07) is 18.7. The van der Waals surface area contributed by atoms with E-state index >= 15 is 0 Å². The van der Waals surface area contributed by atoms with E-state index in [4.69, 9.17) is 4.74 Å². The number of fused-ring (bicyclic) bond motifs is 7. The summed E-state index contributed by atoms with van der Waals surface area (Å²) in [5, 5.41) is 4.18. The van der Waals surface area contributed by atoms with Gasteiger partial charge in [-0.15, -0.1) is 0 Å². The van der Waals surface area contributed by atoms with Crippen molar-refractivity contribution in [2.45, 2.75) is 111 Å². The number of allylic oxidation sites excluding steroid dienone is 1. The molecule has 0 aromatic heterocycles. The molecule has 3 fully saturated rings. The molecule has 1 unspecified atom stereocenters. The molecule has 2 nitrogen and oxygen atoms in total. The fraction of sp³-hybridized carbons (Fsp3) is 0.595. The molecule has 3 aromatic carbocycles. The summed E-state index contributed by atoms with van der Waals surface area (Å²) in [5.74, 6) is 4.92. The summed E-state index contributed by atoms with van der Waals surface area (Å²) in [6.07, 6.45) is 16.7. The van der Waals surface area contributed by atoms with Gasteiger partial charge in [0.1, 0.15) is 6.10 Å². The Hall–Kier alpha value is -2.61. The van der Waals surface area contributed by atoms with E-state index in [2.05, 4.69) is 71.0 Å². The van der Waals surface area contributed by atoms with Crippen LogP contribution in [0.4, 0.5) is 0 Å². The second kappa shape index (κ2) is 11.6. The molecule has 0 saturated heterocycles. The molecule has 2 heteroatoms. The van der Waals surface area contributed by atoms with Gasteiger partial charge in [-0.2, -0.15) is 0 Å². The topological polar surface area (TPSA) is 26.3 Å². The molecule has 234 valence electrons. The van der Waals surface area contributed by atoms with Crippen LogP contribution in [-0.4, -0.2) is 12.1 Å². The van der Waals surface area contributed by atoms with Gasteiger partial charge in [0.25, 0.3) is 0 Å². The molecule has 3 saturated carbocycles. The second-order valence-electron chi connectivity index (χ2n) is 16.3. The molecule has 44 heavy (non-hydrogen) atoms. The van der Waals surface area contributed by atoms with E-state index in [0.29, 0.717) is 5.41 Å². The van der Waals surface area contributed by atoms with Gasteiger partial charge in [0, 0.05) is 6.42 Å². The summed E-state index contributed by atoms with van der Waals surface area (Å²) < 4.78 is 6.42. The largest absolute Gasteiger partial charge is 0.458 e. The molecule has 8 atom stereocenters. The van der Waals surface area contributed by atoms with Gasteiger partial charge in [0.15, 0.2) is 0 Å². The third kappa shape index (κ3) is 5.03. The highest BCUT2D eigenvalue weighted by atomic mass is 16.5. The van der Waals surface area contributed by atoms with Crippen LogP contribution < -0.4 is 0 Å². The Morgan fingerprint density at radius 2 is 1.57 bits per heavy atom. The Kier molecular flexibility index (Phi) is 7.95. The zero-order chi connectivity index (χ0) is 30.6. The van der Waals surface area contributed by atoms with Crippen molar-refractivity contribution in [3.05, 3.63) is 71.8 Å². The van der Waals surface area contributed by atoms with Gasteiger partial charge in [0.2, 0.25) is 0 Å². The highest BCUT2D eigenvalue weighted by Crippen LogP contribution is 2.67. The van der Waals surface area contributed by atoms with E-state index < -0.39 is 0 Å². The number of carbonyl (C=O) groups excluding carboxylic acids is 1. The van der Waals surface area contributed by atoms with Gasteiger partial charge in [0.05, 0.1) is 5.56 Å². The molecule has 4 aliphatic carbocycles. The first-order valence-electron chi connectivity index (χ1n) is 18.0. The van der Waals surface area contributed by atoms with Gasteiger partial charge in [-0.25, -0.2) is 4.79 Å². The monoisotopic (exact) mass is 590 g/mol. The number of hydrogen-bond donors (Lipinski definition) is 0. The summed E-state index contributed by atoms with van der Waals surface area (Å²) in [7, 11) is 0. The van der Waals surface area contributed by atoms with Crippen LogP contribution in [0.5, 0.6) is 0 Å². The third-order valence-corrected chi connectivity index (χ3v) is 13.5. The number of carbonyl (C=O) groups is 1. The lowest BCUT2D eigenvalue weighted by Gasteiger charge is -2.58. The van der Waals surface area contributed by atoms with Crippen molar-refractivity contribution in [1.29, 1.82) is 0 Å². The van der Waals surface area contributed by atoms with Gasteiger partial charge in [-0.3, -0.25) is 0 Å². The Morgan fingerprint density at radius 3 is 2.27 bits per heavy atom. The van der Waals surface area contributed by atoms with Crippen LogP contribution >= 0.6 is 0 Å². The van der Waals surface area contributed by atoms with E-state index in [1.807, 2.05) is 24.3 Å². The summed E-state index contributed by atoms with van der Waals surface area (Å²) >= 11 is 0. The molecule has 0 spiro atoms. The number of hydrogen-bond acceptors (Lipinski definition) is 2. The Labute approximate surface area is 266 Å². The van der Waals surface area contributed by atoms with Crippen molar-refractivity contribution in [2.24, 2.45) is 46.3 Å². The van der Waals surface area contributed by atoms with E-state index in [1.165, 1.54) is 51.4 Å². The van der Waals surface area contributed by atoms with Crippen LogP contribution in [0.25, 0.3) is 21.5 Å². The predicted octanol–water partition coefficient (Wildman–Crippen LogP) is 11.6. The van der Waals surface area contributed by atoms with Crippen LogP contribution in [0, 0.1) is 46.3 Å². The maximum absolute atomic E-state index is 13.9. The van der Waals surface area contributed by atoms with Crippen LogP contribution in [0.1, 0.15) is 116 Å². The first-order valence-corrected chi connectivity index (χ1v) is 18.0. The maximum Gasteiger partial charge on any atom is 0.339 e. The van der Waals surface area contributed by atoms with Crippen LogP contribution in [-0.2, 0) is 4.74 Å². The molecule has 4 aliphatic rings. The molecule has 0 aliphatic heterocycles. The van der Waals surface area contributed by atoms with E-state index in [0.717, 1.165) is 81.9 Å². The van der Waals surface area contributed by atoms with Crippen molar-refractivity contribution in [2.75, 3.05) is 0 Å². The molecule has 7 rings (SSSR count). The smallest absolute Gasteiger partial charge is 0.339 e. The zero-order valence-corrected chi connectivity index (χ0v) is 27.9. The van der Waals surface area contributed by atoms with Crippen LogP contribution in [0.15, 0.2) is 66.2 Å². The fourth-order valence-corrected chi connectivity index (χ4v) is 11.2. The van der Waals surface area contributed by atoms with Crippen molar-refractivity contribution >= 4 is 27.5 Å². The molecular formula is C42H54O2. The quantitative estimate of drug-likeness (QED) is 0.155. The Balaban J connectivity index is 1.07. The summed E-state index contributed by atoms with van der Waals surface area (Å²) in [4.78, 5) is 13.9. The molecule has 0 bridgehead atoms. The lowest BCUT2D eigenvalue weighted by atomic mass is 9.47. The lowest BCUT2D eigenvalue weighted by molar-refractivity contribution is -0.0594. The van der Waals surface area contributed by atoms with Crippen LogP contribution in [0.2, 0.25) is 0 Å². The normalized spacial score (nSPS) is 33.9. The summed E-state index contributed by atoms with van der Waals surface area (Å²) in [5.41, 5.74) is 3.10. The second-order valence-corrected chi connectivity index (χ2v) is 16.3. The average molecular weight is 591 g/mol. The highest BCUT2D eigenvalue weighted by molar-refractivity contribution is 6.16. The van der Waals surface area contributed by atoms with Crippen molar-refractivity contribution < 1.29 is 9.53 Å². The average Bonchev–Trinajstić information content (AvgIpc) is 3.37. The number of esters is 1. The molecule has 0 radical (unpaired) electrons. The minimum Gasteiger partial charge on any atom is -0.458 e. The van der Waals surface area contributed by atoms with E-state index in [9.17, 15) is 4.79 Å². The van der Waals surface area contributed by atoms with Crippen molar-refractivity contribution in [1.82, 2.24) is 0 Å². The number of benzene rings is 3.